The third kappa shape index (κ3) is 5.93. The Morgan fingerprint density at radius 1 is 1.42 bits per heavy atom. The van der Waals surface area contributed by atoms with E-state index in [1.807, 2.05) is 6.92 Å². The lowest BCUT2D eigenvalue weighted by molar-refractivity contribution is 0.178. The smallest absolute Gasteiger partial charge is 0.104 e. The van der Waals surface area contributed by atoms with Gasteiger partial charge in [0.1, 0.15) is 5.54 Å². The fraction of sp³-hybridized carbons (Fsp3) is 0.938. The first-order valence-corrected chi connectivity index (χ1v) is 7.90. The van der Waals surface area contributed by atoms with Gasteiger partial charge in [-0.1, -0.05) is 13.3 Å². The molecule has 0 spiro atoms. The monoisotopic (exact) mass is 265 g/mol. The lowest BCUT2D eigenvalue weighted by atomic mass is 9.85. The molecule has 1 rings (SSSR count). The summed E-state index contributed by atoms with van der Waals surface area (Å²) >= 11 is 0. The van der Waals surface area contributed by atoms with Gasteiger partial charge in [-0.25, -0.2) is 0 Å². The zero-order valence-corrected chi connectivity index (χ0v) is 13.2. The van der Waals surface area contributed by atoms with Crippen LogP contribution < -0.4 is 5.32 Å². The number of nitriles is 1. The van der Waals surface area contributed by atoms with Gasteiger partial charge in [-0.05, 0) is 65.5 Å². The molecule has 0 bridgehead atoms. The Morgan fingerprint density at radius 2 is 2.11 bits per heavy atom. The van der Waals surface area contributed by atoms with E-state index in [-0.39, 0.29) is 5.54 Å². The third-order valence-electron chi connectivity index (χ3n) is 4.19. The van der Waals surface area contributed by atoms with E-state index < -0.39 is 0 Å². The number of nitrogens with one attached hydrogen (secondary N) is 1. The van der Waals surface area contributed by atoms with Crippen molar-refractivity contribution in [2.45, 2.75) is 71.4 Å². The third-order valence-corrected chi connectivity index (χ3v) is 4.19. The molecule has 0 aromatic rings. The van der Waals surface area contributed by atoms with E-state index in [1.165, 1.54) is 25.8 Å². The molecule has 1 N–H and O–H groups in total. The van der Waals surface area contributed by atoms with Crippen molar-refractivity contribution in [3.8, 4) is 6.07 Å². The second-order valence-corrected chi connectivity index (χ2v) is 6.54. The molecule has 1 aliphatic carbocycles. The highest BCUT2D eigenvalue weighted by Gasteiger charge is 2.24. The summed E-state index contributed by atoms with van der Waals surface area (Å²) in [5, 5.41) is 12.7. The molecule has 19 heavy (non-hydrogen) atoms. The topological polar surface area (TPSA) is 39.1 Å². The molecule has 1 unspecified atom stereocenters. The summed E-state index contributed by atoms with van der Waals surface area (Å²) in [5.41, 5.74) is -0.371. The van der Waals surface area contributed by atoms with Gasteiger partial charge in [-0.3, -0.25) is 5.32 Å². The summed E-state index contributed by atoms with van der Waals surface area (Å²) in [5.74, 6) is 0.941. The molecule has 0 heterocycles. The van der Waals surface area contributed by atoms with E-state index in [4.69, 9.17) is 0 Å². The highest BCUT2D eigenvalue weighted by Crippen LogP contribution is 2.27. The maximum absolute atomic E-state index is 9.32. The number of hydrogen-bond donors (Lipinski definition) is 1. The van der Waals surface area contributed by atoms with E-state index >= 15 is 0 Å². The molecular formula is C16H31N3. The minimum absolute atomic E-state index is 0.363. The van der Waals surface area contributed by atoms with E-state index in [2.05, 4.69) is 37.1 Å². The van der Waals surface area contributed by atoms with Crippen molar-refractivity contribution in [2.75, 3.05) is 19.6 Å². The molecule has 1 atom stereocenters. The Balaban J connectivity index is 2.27. The first-order valence-electron chi connectivity index (χ1n) is 7.90. The predicted molar refractivity (Wildman–Crippen MR) is 81.0 cm³/mol. The second-order valence-electron chi connectivity index (χ2n) is 6.54. The van der Waals surface area contributed by atoms with Crippen LogP contribution in [0.2, 0.25) is 0 Å². The van der Waals surface area contributed by atoms with Crippen molar-refractivity contribution in [3.63, 3.8) is 0 Å². The van der Waals surface area contributed by atoms with Crippen LogP contribution >= 0.6 is 0 Å². The predicted octanol–water partition coefficient (Wildman–Crippen LogP) is 3.17. The molecule has 0 amide bonds. The molecule has 0 radical (unpaired) electrons. The summed E-state index contributed by atoms with van der Waals surface area (Å²) < 4.78 is 0. The van der Waals surface area contributed by atoms with Gasteiger partial charge in [0.05, 0.1) is 6.07 Å². The first kappa shape index (κ1) is 16.5. The van der Waals surface area contributed by atoms with E-state index in [0.29, 0.717) is 6.04 Å². The quantitative estimate of drug-likeness (QED) is 0.696. The van der Waals surface area contributed by atoms with Crippen LogP contribution in [0.5, 0.6) is 0 Å². The Bertz CT molecular complexity index is 291. The maximum Gasteiger partial charge on any atom is 0.104 e. The van der Waals surface area contributed by atoms with Crippen molar-refractivity contribution in [2.24, 2.45) is 5.92 Å². The highest BCUT2D eigenvalue weighted by atomic mass is 15.1. The molecule has 0 aromatic carbocycles. The minimum Gasteiger partial charge on any atom is -0.303 e. The van der Waals surface area contributed by atoms with Crippen LogP contribution in [0.25, 0.3) is 0 Å². The second kappa shape index (κ2) is 7.87. The standard InChI is InChI=1S/C16H31N3/c1-5-19(12-15-8-6-9-15)11-7-10-16(4,13-17)18-14(2)3/h14-15,18H,5-12H2,1-4H3. The van der Waals surface area contributed by atoms with Gasteiger partial charge >= 0.3 is 0 Å². The Hall–Kier alpha value is -0.590. The normalized spacial score (nSPS) is 19.2. The average Bonchev–Trinajstić information content (AvgIpc) is 2.30. The SMILES string of the molecule is CCN(CCCC(C)(C#N)NC(C)C)CC1CCC1. The van der Waals surface area contributed by atoms with Crippen molar-refractivity contribution in [3.05, 3.63) is 0 Å². The zero-order chi connectivity index (χ0) is 14.3. The number of rotatable bonds is 9. The van der Waals surface area contributed by atoms with Crippen LogP contribution in [0, 0.1) is 17.2 Å². The maximum atomic E-state index is 9.32. The summed E-state index contributed by atoms with van der Waals surface area (Å²) in [6.07, 6.45) is 6.29. The van der Waals surface area contributed by atoms with Crippen LogP contribution in [0.4, 0.5) is 0 Å². The molecule has 3 nitrogen and oxygen atoms in total. The van der Waals surface area contributed by atoms with Gasteiger partial charge in [-0.2, -0.15) is 5.26 Å². The fourth-order valence-electron chi connectivity index (χ4n) is 2.87. The number of hydrogen-bond acceptors (Lipinski definition) is 3. The van der Waals surface area contributed by atoms with Crippen LogP contribution in [-0.2, 0) is 0 Å². The molecule has 1 fully saturated rings. The Labute approximate surface area is 119 Å². The summed E-state index contributed by atoms with van der Waals surface area (Å²) in [6, 6.07) is 2.80. The lowest BCUT2D eigenvalue weighted by Gasteiger charge is -2.32. The summed E-state index contributed by atoms with van der Waals surface area (Å²) in [7, 11) is 0. The van der Waals surface area contributed by atoms with Crippen molar-refractivity contribution >= 4 is 0 Å². The zero-order valence-electron chi connectivity index (χ0n) is 13.2. The van der Waals surface area contributed by atoms with Crippen LogP contribution in [0.1, 0.15) is 59.8 Å². The van der Waals surface area contributed by atoms with Gasteiger partial charge in [0.25, 0.3) is 0 Å². The Kier molecular flexibility index (Phi) is 6.82. The molecule has 1 aliphatic rings. The minimum atomic E-state index is -0.371. The molecule has 0 aliphatic heterocycles. The summed E-state index contributed by atoms with van der Waals surface area (Å²) in [4.78, 5) is 2.55. The van der Waals surface area contributed by atoms with Gasteiger partial charge in [0.2, 0.25) is 0 Å². The molecule has 0 aromatic heterocycles. The van der Waals surface area contributed by atoms with Crippen LogP contribution in [0.3, 0.4) is 0 Å². The van der Waals surface area contributed by atoms with Gasteiger partial charge in [0.15, 0.2) is 0 Å². The summed E-state index contributed by atoms with van der Waals surface area (Å²) in [6.45, 7) is 12.0. The molecular weight excluding hydrogens is 234 g/mol. The molecule has 110 valence electrons. The average molecular weight is 265 g/mol. The van der Waals surface area contributed by atoms with Crippen molar-refractivity contribution in [1.29, 1.82) is 5.26 Å². The van der Waals surface area contributed by atoms with Crippen LogP contribution in [0.15, 0.2) is 0 Å². The van der Waals surface area contributed by atoms with Gasteiger partial charge in [0, 0.05) is 12.6 Å². The fourth-order valence-corrected chi connectivity index (χ4v) is 2.87. The first-order chi connectivity index (χ1) is 8.99. The highest BCUT2D eigenvalue weighted by molar-refractivity contribution is 5.04. The Morgan fingerprint density at radius 3 is 2.53 bits per heavy atom. The molecule has 3 heteroatoms. The van der Waals surface area contributed by atoms with Gasteiger partial charge < -0.3 is 4.90 Å². The van der Waals surface area contributed by atoms with Gasteiger partial charge in [-0.15, -0.1) is 0 Å². The van der Waals surface area contributed by atoms with Crippen molar-refractivity contribution in [1.82, 2.24) is 10.2 Å². The van der Waals surface area contributed by atoms with Crippen LogP contribution in [-0.4, -0.2) is 36.1 Å². The van der Waals surface area contributed by atoms with E-state index in [9.17, 15) is 5.26 Å². The molecule has 0 saturated heterocycles. The van der Waals surface area contributed by atoms with E-state index in [0.717, 1.165) is 31.8 Å². The lowest BCUT2D eigenvalue weighted by Crippen LogP contribution is -2.45. The largest absolute Gasteiger partial charge is 0.303 e. The number of nitrogens with zero attached hydrogens (tertiary/aromatic N) is 2. The van der Waals surface area contributed by atoms with Crippen molar-refractivity contribution < 1.29 is 0 Å². The molecule has 1 saturated carbocycles. The van der Waals surface area contributed by atoms with E-state index in [1.54, 1.807) is 0 Å².